The first-order chi connectivity index (χ1) is 6.81. The Balaban J connectivity index is 4.47. The third kappa shape index (κ3) is 7.64. The molecule has 0 aromatic heterocycles. The molecule has 1 unspecified atom stereocenters. The third-order valence-electron chi connectivity index (χ3n) is 1.93. The molecule has 0 saturated heterocycles. The van der Waals surface area contributed by atoms with E-state index < -0.39 is 43.2 Å². The van der Waals surface area contributed by atoms with E-state index in [9.17, 15) is 30.7 Å². The average molecular weight is 253 g/mol. The van der Waals surface area contributed by atoms with Crippen LogP contribution in [0.2, 0.25) is 0 Å². The van der Waals surface area contributed by atoms with Gasteiger partial charge in [-0.25, -0.2) is 8.78 Å². The second-order valence-electron chi connectivity index (χ2n) is 3.91. The quantitative estimate of drug-likeness (QED) is 0.501. The first-order valence-electron chi connectivity index (χ1n) is 4.49. The molecule has 0 amide bonds. The van der Waals surface area contributed by atoms with E-state index in [1.54, 1.807) is 0 Å². The predicted molar refractivity (Wildman–Crippen MR) is 44.3 cm³/mol. The van der Waals surface area contributed by atoms with Crippen LogP contribution in [0.3, 0.4) is 0 Å². The summed E-state index contributed by atoms with van der Waals surface area (Å²) in [7, 11) is 0. The molecule has 0 spiro atoms. The van der Waals surface area contributed by atoms with E-state index in [1.807, 2.05) is 0 Å². The highest BCUT2D eigenvalue weighted by Gasteiger charge is 2.46. The summed E-state index contributed by atoms with van der Waals surface area (Å²) < 4.78 is 86.0. The Morgan fingerprint density at radius 1 is 1.00 bits per heavy atom. The van der Waals surface area contributed by atoms with Crippen molar-refractivity contribution in [3.63, 3.8) is 0 Å². The van der Waals surface area contributed by atoms with Crippen LogP contribution >= 0.6 is 0 Å². The maximum absolute atomic E-state index is 12.4. The highest BCUT2D eigenvalue weighted by atomic mass is 19.4. The first-order valence-corrected chi connectivity index (χ1v) is 4.49. The van der Waals surface area contributed by atoms with E-state index in [0.717, 1.165) is 0 Å². The number of halogens is 7. The molecule has 0 N–H and O–H groups in total. The fourth-order valence-corrected chi connectivity index (χ4v) is 1.20. The molecule has 0 heterocycles. The Morgan fingerprint density at radius 2 is 1.44 bits per heavy atom. The minimum atomic E-state index is -4.90. The van der Waals surface area contributed by atoms with Crippen molar-refractivity contribution in [3.8, 4) is 0 Å². The molecule has 0 saturated carbocycles. The van der Waals surface area contributed by atoms with Gasteiger partial charge in [0.15, 0.2) is 0 Å². The minimum Gasteiger partial charge on any atom is -0.207 e. The van der Waals surface area contributed by atoms with Crippen molar-refractivity contribution >= 4 is 0 Å². The molecule has 16 heavy (non-hydrogen) atoms. The number of hydrogen-bond donors (Lipinski definition) is 0. The Morgan fingerprint density at radius 3 is 1.69 bits per heavy atom. The van der Waals surface area contributed by atoms with Gasteiger partial charge in [-0.05, 0) is 13.3 Å². The van der Waals surface area contributed by atoms with Gasteiger partial charge in [-0.2, -0.15) is 22.0 Å². The summed E-state index contributed by atoms with van der Waals surface area (Å²) in [4.78, 5) is 0. The molecule has 0 radical (unpaired) electrons. The summed E-state index contributed by atoms with van der Waals surface area (Å²) in [5.41, 5.74) is 0. The van der Waals surface area contributed by atoms with Crippen LogP contribution in [0.15, 0.2) is 0 Å². The summed E-state index contributed by atoms with van der Waals surface area (Å²) in [6, 6.07) is 0. The largest absolute Gasteiger partial charge is 0.392 e. The van der Waals surface area contributed by atoms with Gasteiger partial charge in [0, 0.05) is 6.42 Å². The Hall–Kier alpha value is -0.620. The lowest BCUT2D eigenvalue weighted by atomic mass is 9.94. The van der Waals surface area contributed by atoms with Crippen molar-refractivity contribution in [1.82, 2.24) is 0 Å². The van der Waals surface area contributed by atoms with Crippen LogP contribution in [0.4, 0.5) is 30.7 Å². The van der Waals surface area contributed by atoms with Crippen molar-refractivity contribution in [2.45, 2.75) is 44.2 Å². The Bertz CT molecular complexity index is 207. The lowest BCUT2D eigenvalue weighted by molar-refractivity contribution is -0.196. The number of hydrogen-bond acceptors (Lipinski definition) is 0. The minimum absolute atomic E-state index is 0.327. The molecule has 0 aliphatic carbocycles. The van der Waals surface area contributed by atoms with E-state index in [2.05, 4.69) is 6.92 Å². The molecule has 0 fully saturated rings. The summed E-state index contributed by atoms with van der Waals surface area (Å²) in [5.74, 6) is -9.48. The molecule has 0 aliphatic heterocycles. The molecule has 0 rings (SSSR count). The van der Waals surface area contributed by atoms with Crippen molar-refractivity contribution in [2.24, 2.45) is 5.92 Å². The zero-order valence-electron chi connectivity index (χ0n) is 8.55. The van der Waals surface area contributed by atoms with Gasteiger partial charge in [0.1, 0.15) is 6.92 Å². The highest BCUT2D eigenvalue weighted by Crippen LogP contribution is 2.39. The van der Waals surface area contributed by atoms with E-state index in [-0.39, 0.29) is 0 Å². The van der Waals surface area contributed by atoms with Crippen LogP contribution in [0.1, 0.15) is 26.2 Å². The third-order valence-corrected chi connectivity index (χ3v) is 1.93. The molecule has 0 aliphatic rings. The molecule has 7 heteroatoms. The highest BCUT2D eigenvalue weighted by molar-refractivity contribution is 4.78. The normalized spacial score (nSPS) is 16.2. The first kappa shape index (κ1) is 15.4. The van der Waals surface area contributed by atoms with Crippen LogP contribution in [0.25, 0.3) is 0 Å². The van der Waals surface area contributed by atoms with Crippen molar-refractivity contribution < 1.29 is 30.7 Å². The second-order valence-corrected chi connectivity index (χ2v) is 3.91. The molecule has 0 aromatic rings. The summed E-state index contributed by atoms with van der Waals surface area (Å²) in [6.45, 7) is 2.66. The van der Waals surface area contributed by atoms with Gasteiger partial charge in [-0.1, -0.05) is 0 Å². The molecule has 1 atom stereocenters. The fraction of sp³-hybridized carbons (Fsp3) is 0.889. The van der Waals surface area contributed by atoms with Crippen LogP contribution in [-0.2, 0) is 0 Å². The van der Waals surface area contributed by atoms with Gasteiger partial charge in [-0.15, -0.1) is 0 Å². The number of alkyl halides is 7. The fourth-order valence-electron chi connectivity index (χ4n) is 1.20. The van der Waals surface area contributed by atoms with Gasteiger partial charge >= 0.3 is 12.1 Å². The van der Waals surface area contributed by atoms with E-state index >= 15 is 0 Å². The van der Waals surface area contributed by atoms with E-state index in [4.69, 9.17) is 0 Å². The van der Waals surface area contributed by atoms with Crippen LogP contribution < -0.4 is 0 Å². The molecular formula is C9H12F7+. The standard InChI is InChI=1S/C9H12F7/c1-7(10,11)4-3-6(9(14,15)16)5-8(2,12)13/h6H,1,3-5H2,2H3/q+1. The molecular weight excluding hydrogens is 241 g/mol. The molecule has 0 bridgehead atoms. The van der Waals surface area contributed by atoms with Crippen LogP contribution in [-0.4, -0.2) is 18.0 Å². The average Bonchev–Trinajstić information content (AvgIpc) is 1.91. The monoisotopic (exact) mass is 253 g/mol. The van der Waals surface area contributed by atoms with Gasteiger partial charge in [0.05, 0.1) is 12.3 Å². The van der Waals surface area contributed by atoms with Crippen molar-refractivity contribution in [2.75, 3.05) is 0 Å². The van der Waals surface area contributed by atoms with Crippen molar-refractivity contribution in [3.05, 3.63) is 6.92 Å². The molecule has 96 valence electrons. The van der Waals surface area contributed by atoms with Crippen LogP contribution in [0.5, 0.6) is 0 Å². The Kier molecular flexibility index (Phi) is 4.53. The smallest absolute Gasteiger partial charge is 0.207 e. The van der Waals surface area contributed by atoms with E-state index in [1.165, 1.54) is 0 Å². The topological polar surface area (TPSA) is 0 Å². The second kappa shape index (κ2) is 4.71. The zero-order valence-corrected chi connectivity index (χ0v) is 8.55. The van der Waals surface area contributed by atoms with Gasteiger partial charge in [0.25, 0.3) is 0 Å². The zero-order chi connectivity index (χ0) is 13.2. The lowest BCUT2D eigenvalue weighted by Gasteiger charge is -2.23. The van der Waals surface area contributed by atoms with E-state index in [0.29, 0.717) is 6.92 Å². The SMILES string of the molecule is [CH2+]C(F)(F)CCC(CC(C)(F)F)C(F)(F)F. The van der Waals surface area contributed by atoms with Crippen LogP contribution in [0, 0.1) is 12.8 Å². The maximum Gasteiger partial charge on any atom is 0.392 e. The summed E-state index contributed by atoms with van der Waals surface area (Å²) >= 11 is 0. The predicted octanol–water partition coefficient (Wildman–Crippen LogP) is 4.46. The van der Waals surface area contributed by atoms with Gasteiger partial charge in [-0.3, -0.25) is 0 Å². The van der Waals surface area contributed by atoms with Crippen molar-refractivity contribution in [1.29, 1.82) is 0 Å². The molecule has 0 aromatic carbocycles. The summed E-state index contributed by atoms with van der Waals surface area (Å²) in [6.07, 6.45) is -8.59. The lowest BCUT2D eigenvalue weighted by Crippen LogP contribution is -2.30. The van der Waals surface area contributed by atoms with Gasteiger partial charge < -0.3 is 0 Å². The molecule has 0 nitrogen and oxygen atoms in total. The number of rotatable bonds is 5. The van der Waals surface area contributed by atoms with Gasteiger partial charge in [0.2, 0.25) is 5.92 Å². The Labute approximate surface area is 88.8 Å². The maximum atomic E-state index is 12.4. The summed E-state index contributed by atoms with van der Waals surface area (Å²) in [5, 5.41) is 0.